The summed E-state index contributed by atoms with van der Waals surface area (Å²) in [4.78, 5) is 0.392. The second kappa shape index (κ2) is 8.08. The molecule has 1 aromatic rings. The van der Waals surface area contributed by atoms with Crippen molar-refractivity contribution in [2.75, 3.05) is 12.3 Å². The summed E-state index contributed by atoms with van der Waals surface area (Å²) in [6.07, 6.45) is 2.43. The zero-order chi connectivity index (χ0) is 12.0. The van der Waals surface area contributed by atoms with Crippen LogP contribution in [0.3, 0.4) is 0 Å². The highest BCUT2D eigenvalue weighted by atomic mass is 79.9. The molecule has 0 bridgehead atoms. The fourth-order valence-electron chi connectivity index (χ4n) is 1.37. The van der Waals surface area contributed by atoms with Gasteiger partial charge in [-0.2, -0.15) is 0 Å². The summed E-state index contributed by atoms with van der Waals surface area (Å²) in [5.74, 6) is 0.203. The highest BCUT2D eigenvalue weighted by molar-refractivity contribution is 9.10. The van der Waals surface area contributed by atoms with Gasteiger partial charge in [-0.25, -0.2) is 8.42 Å². The van der Waals surface area contributed by atoms with Crippen LogP contribution in [-0.4, -0.2) is 20.7 Å². The third-order valence-corrected chi connectivity index (χ3v) is 4.64. The van der Waals surface area contributed by atoms with Gasteiger partial charge in [-0.05, 0) is 43.7 Å². The van der Waals surface area contributed by atoms with E-state index in [2.05, 4.69) is 15.9 Å². The molecule has 0 amide bonds. The van der Waals surface area contributed by atoms with Crippen LogP contribution >= 0.6 is 28.3 Å². The molecule has 3 nitrogen and oxygen atoms in total. The van der Waals surface area contributed by atoms with E-state index >= 15 is 0 Å². The minimum absolute atomic E-state index is 0. The van der Waals surface area contributed by atoms with Crippen LogP contribution in [0.1, 0.15) is 19.3 Å². The molecule has 0 saturated heterocycles. The molecule has 0 radical (unpaired) electrons. The van der Waals surface area contributed by atoms with Gasteiger partial charge in [0.25, 0.3) is 0 Å². The summed E-state index contributed by atoms with van der Waals surface area (Å²) in [7, 11) is -3.12. The first kappa shape index (κ1) is 16.9. The molecule has 17 heavy (non-hydrogen) atoms. The van der Waals surface area contributed by atoms with E-state index in [0.29, 0.717) is 17.9 Å². The van der Waals surface area contributed by atoms with Crippen LogP contribution < -0.4 is 5.73 Å². The highest BCUT2D eigenvalue weighted by Gasteiger charge is 2.13. The summed E-state index contributed by atoms with van der Waals surface area (Å²) >= 11 is 3.28. The molecule has 0 saturated carbocycles. The van der Waals surface area contributed by atoms with Gasteiger partial charge >= 0.3 is 0 Å². The van der Waals surface area contributed by atoms with Gasteiger partial charge in [-0.1, -0.05) is 22.4 Å². The van der Waals surface area contributed by atoms with Crippen LogP contribution in [-0.2, 0) is 9.84 Å². The second-order valence-electron chi connectivity index (χ2n) is 3.62. The molecule has 0 fully saturated rings. The molecular weight excluding hydrogens is 326 g/mol. The number of unbranched alkanes of at least 4 members (excludes halogenated alkanes) is 2. The maximum atomic E-state index is 11.9. The van der Waals surface area contributed by atoms with Crippen molar-refractivity contribution in [1.29, 1.82) is 0 Å². The SMILES string of the molecule is Cl.NCCCCCS(=O)(=O)c1ccc(Br)cc1. The molecule has 1 aromatic carbocycles. The van der Waals surface area contributed by atoms with Gasteiger partial charge in [0.2, 0.25) is 0 Å². The van der Waals surface area contributed by atoms with Crippen molar-refractivity contribution in [3.05, 3.63) is 28.7 Å². The Labute approximate surface area is 117 Å². The van der Waals surface area contributed by atoms with E-state index in [9.17, 15) is 8.42 Å². The predicted octanol–water partition coefficient (Wildman–Crippen LogP) is 2.77. The topological polar surface area (TPSA) is 60.2 Å². The largest absolute Gasteiger partial charge is 0.330 e. The van der Waals surface area contributed by atoms with E-state index in [0.717, 1.165) is 17.3 Å². The van der Waals surface area contributed by atoms with Gasteiger partial charge in [0, 0.05) is 4.47 Å². The summed E-state index contributed by atoms with van der Waals surface area (Å²) < 4.78 is 24.6. The lowest BCUT2D eigenvalue weighted by atomic mass is 10.2. The van der Waals surface area contributed by atoms with Crippen molar-refractivity contribution < 1.29 is 8.42 Å². The Bertz CT molecular complexity index is 420. The Hall–Kier alpha value is -0.100. The molecule has 1 rings (SSSR count). The summed E-state index contributed by atoms with van der Waals surface area (Å²) in [6.45, 7) is 0.623. The number of sulfone groups is 1. The van der Waals surface area contributed by atoms with E-state index in [1.54, 1.807) is 24.3 Å². The molecule has 0 aliphatic heterocycles. The number of hydrogen-bond acceptors (Lipinski definition) is 3. The maximum absolute atomic E-state index is 11.9. The number of benzene rings is 1. The van der Waals surface area contributed by atoms with Crippen molar-refractivity contribution >= 4 is 38.2 Å². The molecule has 98 valence electrons. The van der Waals surface area contributed by atoms with E-state index < -0.39 is 9.84 Å². The minimum Gasteiger partial charge on any atom is -0.330 e. The number of rotatable bonds is 6. The Morgan fingerprint density at radius 2 is 1.65 bits per heavy atom. The number of nitrogens with two attached hydrogens (primary N) is 1. The van der Waals surface area contributed by atoms with Gasteiger partial charge in [0.05, 0.1) is 10.6 Å². The Kier molecular flexibility index (Phi) is 8.03. The van der Waals surface area contributed by atoms with Crippen LogP contribution in [0.5, 0.6) is 0 Å². The van der Waals surface area contributed by atoms with Crippen molar-refractivity contribution in [3.63, 3.8) is 0 Å². The van der Waals surface area contributed by atoms with Crippen LogP contribution in [0, 0.1) is 0 Å². The van der Waals surface area contributed by atoms with E-state index in [4.69, 9.17) is 5.73 Å². The fourth-order valence-corrected chi connectivity index (χ4v) is 3.01. The normalized spacial score (nSPS) is 10.9. The van der Waals surface area contributed by atoms with E-state index in [1.165, 1.54) is 0 Å². The van der Waals surface area contributed by atoms with Gasteiger partial charge in [-0.15, -0.1) is 12.4 Å². The molecule has 2 N–H and O–H groups in total. The monoisotopic (exact) mass is 341 g/mol. The average Bonchev–Trinajstić information content (AvgIpc) is 2.25. The summed E-state index contributed by atoms with van der Waals surface area (Å²) in [5.41, 5.74) is 5.35. The molecule has 0 aliphatic rings. The van der Waals surface area contributed by atoms with Crippen LogP contribution in [0.2, 0.25) is 0 Å². The van der Waals surface area contributed by atoms with Crippen molar-refractivity contribution in [2.24, 2.45) is 5.73 Å². The first-order valence-electron chi connectivity index (χ1n) is 5.24. The van der Waals surface area contributed by atoms with Crippen LogP contribution in [0.15, 0.2) is 33.6 Å². The Morgan fingerprint density at radius 1 is 1.06 bits per heavy atom. The van der Waals surface area contributed by atoms with Gasteiger partial charge < -0.3 is 5.73 Å². The van der Waals surface area contributed by atoms with Gasteiger partial charge in [0.1, 0.15) is 0 Å². The smallest absolute Gasteiger partial charge is 0.178 e. The number of hydrogen-bond donors (Lipinski definition) is 1. The lowest BCUT2D eigenvalue weighted by molar-refractivity contribution is 0.590. The molecule has 0 aromatic heterocycles. The second-order valence-corrected chi connectivity index (χ2v) is 6.65. The van der Waals surface area contributed by atoms with Gasteiger partial charge in [0.15, 0.2) is 9.84 Å². The zero-order valence-corrected chi connectivity index (χ0v) is 12.7. The molecule has 0 atom stereocenters. The standard InChI is InChI=1S/C11H16BrNO2S.ClH/c12-10-4-6-11(7-5-10)16(14,15)9-3-1-2-8-13;/h4-7H,1-3,8-9,13H2;1H. The third-order valence-electron chi connectivity index (χ3n) is 2.29. The molecule has 0 heterocycles. The predicted molar refractivity (Wildman–Crippen MR) is 76.3 cm³/mol. The quantitative estimate of drug-likeness (QED) is 0.809. The van der Waals surface area contributed by atoms with Crippen LogP contribution in [0.4, 0.5) is 0 Å². The summed E-state index contributed by atoms with van der Waals surface area (Å²) in [5, 5.41) is 0. The average molecular weight is 343 g/mol. The molecule has 0 aliphatic carbocycles. The summed E-state index contributed by atoms with van der Waals surface area (Å²) in [6, 6.07) is 6.74. The maximum Gasteiger partial charge on any atom is 0.178 e. The third kappa shape index (κ3) is 5.86. The van der Waals surface area contributed by atoms with E-state index in [-0.39, 0.29) is 18.2 Å². The van der Waals surface area contributed by atoms with E-state index in [1.807, 2.05) is 0 Å². The first-order valence-corrected chi connectivity index (χ1v) is 7.69. The molecular formula is C11H17BrClNO2S. The number of halogens is 2. The highest BCUT2D eigenvalue weighted by Crippen LogP contribution is 2.16. The molecule has 0 unspecified atom stereocenters. The van der Waals surface area contributed by atoms with Crippen molar-refractivity contribution in [1.82, 2.24) is 0 Å². The Morgan fingerprint density at radius 3 is 2.18 bits per heavy atom. The van der Waals surface area contributed by atoms with Gasteiger partial charge in [-0.3, -0.25) is 0 Å². The molecule has 0 spiro atoms. The van der Waals surface area contributed by atoms with Crippen LogP contribution in [0.25, 0.3) is 0 Å². The minimum atomic E-state index is -3.12. The molecule has 6 heteroatoms. The fraction of sp³-hybridized carbons (Fsp3) is 0.455. The Balaban J connectivity index is 0.00000256. The lowest BCUT2D eigenvalue weighted by Crippen LogP contribution is -2.07. The van der Waals surface area contributed by atoms with Crippen molar-refractivity contribution in [2.45, 2.75) is 24.2 Å². The lowest BCUT2D eigenvalue weighted by Gasteiger charge is -2.04. The zero-order valence-electron chi connectivity index (χ0n) is 9.43. The van der Waals surface area contributed by atoms with Crippen molar-refractivity contribution in [3.8, 4) is 0 Å². The first-order chi connectivity index (χ1) is 7.56.